The molecule has 0 aromatic heterocycles. The van der Waals surface area contributed by atoms with Gasteiger partial charge in [-0.3, -0.25) is 0 Å². The summed E-state index contributed by atoms with van der Waals surface area (Å²) in [6, 6.07) is 18.1. The predicted molar refractivity (Wildman–Crippen MR) is 158 cm³/mol. The van der Waals surface area contributed by atoms with Gasteiger partial charge in [-0.05, 0) is 72.8 Å². The van der Waals surface area contributed by atoms with Crippen LogP contribution in [0.15, 0.2) is 48.5 Å². The van der Waals surface area contributed by atoms with Gasteiger partial charge in [0.15, 0.2) is 0 Å². The molecule has 0 atom stereocenters. The SMILES string of the molecule is CCCCCCCCCCC1CCC(c2ccc(-c3ccc(OCCCCCCC)cc3)cc2)CC1. The molecule has 200 valence electrons. The Balaban J connectivity index is 1.32. The smallest absolute Gasteiger partial charge is 0.119 e. The van der Waals surface area contributed by atoms with Gasteiger partial charge in [0.1, 0.15) is 5.75 Å². The Bertz CT molecular complexity index is 782. The Morgan fingerprint density at radius 3 is 1.64 bits per heavy atom. The van der Waals surface area contributed by atoms with Gasteiger partial charge in [-0.25, -0.2) is 0 Å². The minimum absolute atomic E-state index is 0.766. The fourth-order valence-corrected chi connectivity index (χ4v) is 5.94. The highest BCUT2D eigenvalue weighted by Crippen LogP contribution is 2.38. The van der Waals surface area contributed by atoms with Crippen molar-refractivity contribution in [1.82, 2.24) is 0 Å². The molecule has 0 saturated heterocycles. The topological polar surface area (TPSA) is 9.23 Å². The third kappa shape index (κ3) is 10.7. The molecule has 0 bridgehead atoms. The first kappa shape index (κ1) is 28.8. The molecule has 1 aliphatic carbocycles. The van der Waals surface area contributed by atoms with Gasteiger partial charge in [0.2, 0.25) is 0 Å². The predicted octanol–water partition coefficient (Wildman–Crippen LogP) is 11.5. The highest BCUT2D eigenvalue weighted by molar-refractivity contribution is 5.64. The first-order chi connectivity index (χ1) is 17.8. The van der Waals surface area contributed by atoms with Gasteiger partial charge in [0.05, 0.1) is 6.61 Å². The van der Waals surface area contributed by atoms with Crippen molar-refractivity contribution < 1.29 is 4.74 Å². The standard InChI is InChI=1S/C35H54O/c1-3-5-7-9-10-11-12-14-16-30-17-19-31(20-18-30)32-21-23-33(24-22-32)34-25-27-35(28-26-34)36-29-15-13-8-6-4-2/h21-28,30-31H,3-20,29H2,1-2H3. The summed E-state index contributed by atoms with van der Waals surface area (Å²) in [5, 5.41) is 0. The number of benzene rings is 2. The molecule has 0 heterocycles. The average Bonchev–Trinajstić information content (AvgIpc) is 2.93. The molecule has 2 aromatic rings. The second kappa shape index (κ2) is 17.7. The fourth-order valence-electron chi connectivity index (χ4n) is 5.94. The maximum atomic E-state index is 5.94. The van der Waals surface area contributed by atoms with E-state index >= 15 is 0 Å². The van der Waals surface area contributed by atoms with Crippen molar-refractivity contribution in [1.29, 1.82) is 0 Å². The molecule has 2 aromatic carbocycles. The van der Waals surface area contributed by atoms with E-state index in [2.05, 4.69) is 62.4 Å². The molecule has 1 fully saturated rings. The summed E-state index contributed by atoms with van der Waals surface area (Å²) in [5.74, 6) is 2.74. The molecule has 1 nitrogen and oxygen atoms in total. The lowest BCUT2D eigenvalue weighted by molar-refractivity contribution is 0.302. The van der Waals surface area contributed by atoms with E-state index in [1.54, 1.807) is 5.56 Å². The first-order valence-corrected chi connectivity index (χ1v) is 15.6. The molecule has 0 radical (unpaired) electrons. The van der Waals surface area contributed by atoms with Crippen LogP contribution in [0.25, 0.3) is 11.1 Å². The van der Waals surface area contributed by atoms with Crippen molar-refractivity contribution in [3.05, 3.63) is 54.1 Å². The Morgan fingerprint density at radius 1 is 0.556 bits per heavy atom. The number of hydrogen-bond acceptors (Lipinski definition) is 1. The lowest BCUT2D eigenvalue weighted by atomic mass is 9.77. The Kier molecular flexibility index (Phi) is 14.1. The van der Waals surface area contributed by atoms with Crippen molar-refractivity contribution in [2.45, 2.75) is 135 Å². The van der Waals surface area contributed by atoms with Gasteiger partial charge in [-0.1, -0.05) is 134 Å². The van der Waals surface area contributed by atoms with E-state index in [0.29, 0.717) is 0 Å². The molecule has 0 amide bonds. The van der Waals surface area contributed by atoms with E-state index in [-0.39, 0.29) is 0 Å². The van der Waals surface area contributed by atoms with E-state index in [9.17, 15) is 0 Å². The van der Waals surface area contributed by atoms with Crippen LogP contribution in [-0.4, -0.2) is 6.61 Å². The summed E-state index contributed by atoms with van der Waals surface area (Å²) in [4.78, 5) is 0. The van der Waals surface area contributed by atoms with Crippen molar-refractivity contribution in [3.8, 4) is 16.9 Å². The molecular formula is C35H54O. The van der Waals surface area contributed by atoms with Crippen LogP contribution in [0, 0.1) is 5.92 Å². The molecule has 1 aliphatic rings. The molecular weight excluding hydrogens is 436 g/mol. The van der Waals surface area contributed by atoms with Crippen LogP contribution >= 0.6 is 0 Å². The number of hydrogen-bond donors (Lipinski definition) is 0. The van der Waals surface area contributed by atoms with Crippen molar-refractivity contribution in [2.24, 2.45) is 5.92 Å². The summed E-state index contributed by atoms with van der Waals surface area (Å²) in [6.45, 7) is 5.39. The van der Waals surface area contributed by atoms with Gasteiger partial charge < -0.3 is 4.74 Å². The van der Waals surface area contributed by atoms with Gasteiger partial charge in [0.25, 0.3) is 0 Å². The van der Waals surface area contributed by atoms with Gasteiger partial charge in [-0.2, -0.15) is 0 Å². The Hall–Kier alpha value is -1.76. The van der Waals surface area contributed by atoms with E-state index in [0.717, 1.165) is 30.6 Å². The van der Waals surface area contributed by atoms with Crippen LogP contribution in [0.1, 0.15) is 141 Å². The quantitative estimate of drug-likeness (QED) is 0.189. The van der Waals surface area contributed by atoms with Crippen LogP contribution < -0.4 is 4.74 Å². The van der Waals surface area contributed by atoms with Crippen molar-refractivity contribution in [2.75, 3.05) is 6.61 Å². The molecule has 0 aliphatic heterocycles. The monoisotopic (exact) mass is 490 g/mol. The summed E-state index contributed by atoms with van der Waals surface area (Å²) in [5.41, 5.74) is 4.14. The van der Waals surface area contributed by atoms with Crippen molar-refractivity contribution in [3.63, 3.8) is 0 Å². The van der Waals surface area contributed by atoms with Crippen LogP contribution in [-0.2, 0) is 0 Å². The van der Waals surface area contributed by atoms with Gasteiger partial charge in [0, 0.05) is 0 Å². The average molecular weight is 491 g/mol. The third-order valence-corrected chi connectivity index (χ3v) is 8.40. The van der Waals surface area contributed by atoms with Gasteiger partial charge >= 0.3 is 0 Å². The second-order valence-corrected chi connectivity index (χ2v) is 11.4. The maximum Gasteiger partial charge on any atom is 0.119 e. The summed E-state index contributed by atoms with van der Waals surface area (Å²) in [6.07, 6.45) is 25.0. The molecule has 0 spiro atoms. The first-order valence-electron chi connectivity index (χ1n) is 15.6. The highest BCUT2D eigenvalue weighted by Gasteiger charge is 2.22. The van der Waals surface area contributed by atoms with Crippen LogP contribution in [0.4, 0.5) is 0 Å². The molecule has 1 heteroatoms. The highest BCUT2D eigenvalue weighted by atomic mass is 16.5. The van der Waals surface area contributed by atoms with Crippen LogP contribution in [0.3, 0.4) is 0 Å². The Labute approximate surface area is 223 Å². The zero-order chi connectivity index (χ0) is 25.3. The van der Waals surface area contributed by atoms with Crippen LogP contribution in [0.2, 0.25) is 0 Å². The number of unbranched alkanes of at least 4 members (excludes halogenated alkanes) is 11. The number of ether oxygens (including phenoxy) is 1. The zero-order valence-corrected chi connectivity index (χ0v) is 23.6. The molecule has 3 rings (SSSR count). The number of rotatable bonds is 18. The molecule has 0 N–H and O–H groups in total. The van der Waals surface area contributed by atoms with E-state index in [4.69, 9.17) is 4.74 Å². The largest absolute Gasteiger partial charge is 0.494 e. The second-order valence-electron chi connectivity index (χ2n) is 11.4. The zero-order valence-electron chi connectivity index (χ0n) is 23.6. The summed E-state index contributed by atoms with van der Waals surface area (Å²) in [7, 11) is 0. The summed E-state index contributed by atoms with van der Waals surface area (Å²) >= 11 is 0. The van der Waals surface area contributed by atoms with E-state index < -0.39 is 0 Å². The van der Waals surface area contributed by atoms with E-state index in [1.165, 1.54) is 120 Å². The minimum atomic E-state index is 0.766. The molecule has 0 unspecified atom stereocenters. The minimum Gasteiger partial charge on any atom is -0.494 e. The lowest BCUT2D eigenvalue weighted by Gasteiger charge is -2.29. The Morgan fingerprint density at radius 2 is 1.06 bits per heavy atom. The maximum absolute atomic E-state index is 5.94. The van der Waals surface area contributed by atoms with E-state index in [1.807, 2.05) is 0 Å². The normalized spacial score (nSPS) is 17.8. The third-order valence-electron chi connectivity index (χ3n) is 8.40. The molecule has 36 heavy (non-hydrogen) atoms. The fraction of sp³-hybridized carbons (Fsp3) is 0.657. The van der Waals surface area contributed by atoms with Gasteiger partial charge in [-0.15, -0.1) is 0 Å². The van der Waals surface area contributed by atoms with Crippen molar-refractivity contribution >= 4 is 0 Å². The lowest BCUT2D eigenvalue weighted by Crippen LogP contribution is -2.13. The van der Waals surface area contributed by atoms with Crippen LogP contribution in [0.5, 0.6) is 5.75 Å². The molecule has 1 saturated carbocycles. The summed E-state index contributed by atoms with van der Waals surface area (Å²) < 4.78 is 5.94.